The summed E-state index contributed by atoms with van der Waals surface area (Å²) in [6.07, 6.45) is 78.8. The highest BCUT2D eigenvalue weighted by Gasteiger charge is 2.04. The molecule has 10 heteroatoms. The summed E-state index contributed by atoms with van der Waals surface area (Å²) >= 11 is 0. The second-order valence-corrected chi connectivity index (χ2v) is 25.5. The van der Waals surface area contributed by atoms with Crippen LogP contribution in [0.2, 0.25) is 0 Å². The molecule has 0 rings (SSSR count). The van der Waals surface area contributed by atoms with Crippen molar-refractivity contribution in [3.63, 3.8) is 0 Å². The summed E-state index contributed by atoms with van der Waals surface area (Å²) in [4.78, 5) is 31.0. The zero-order valence-corrected chi connectivity index (χ0v) is 60.1. The van der Waals surface area contributed by atoms with Crippen LogP contribution >= 0.6 is 0 Å². The van der Waals surface area contributed by atoms with Crippen LogP contribution in [0.3, 0.4) is 0 Å². The van der Waals surface area contributed by atoms with E-state index in [4.69, 9.17) is 15.3 Å². The molecule has 0 fully saturated rings. The van der Waals surface area contributed by atoms with E-state index in [0.29, 0.717) is 19.3 Å². The number of hydrogen-bond acceptors (Lipinski definition) is 7. The Balaban J connectivity index is -0.000000555. The molecule has 10 nitrogen and oxygen atoms in total. The molecule has 4 atom stereocenters. The highest BCUT2D eigenvalue weighted by molar-refractivity contribution is 5.67. The van der Waals surface area contributed by atoms with Crippen LogP contribution in [0.5, 0.6) is 0 Å². The first-order valence-electron chi connectivity index (χ1n) is 38.3. The van der Waals surface area contributed by atoms with Crippen molar-refractivity contribution in [1.82, 2.24) is 0 Å². The van der Waals surface area contributed by atoms with Gasteiger partial charge in [-0.25, -0.2) is 0 Å². The molecule has 0 aliphatic heterocycles. The van der Waals surface area contributed by atoms with Crippen LogP contribution in [0.1, 0.15) is 401 Å². The minimum Gasteiger partial charge on any atom is -0.481 e. The molecule has 91 heavy (non-hydrogen) atoms. The van der Waals surface area contributed by atoms with E-state index in [1.54, 1.807) is 0 Å². The summed E-state index contributed by atoms with van der Waals surface area (Å²) in [5.74, 6) is 10.0. The van der Waals surface area contributed by atoms with Crippen LogP contribution in [-0.2, 0) is 14.4 Å². The Kier molecular flexibility index (Phi) is 86.9. The average molecular weight is 1280 g/mol. The second-order valence-electron chi connectivity index (χ2n) is 25.5. The quantitative estimate of drug-likeness (QED) is 0.0175. The zero-order valence-electron chi connectivity index (χ0n) is 60.1. The molecule has 0 saturated heterocycles. The van der Waals surface area contributed by atoms with Crippen molar-refractivity contribution in [2.24, 2.45) is 0 Å². The molecular formula is C81H148O10. The first-order chi connectivity index (χ1) is 44.3. The third-order valence-corrected chi connectivity index (χ3v) is 16.1. The average Bonchev–Trinajstić information content (AvgIpc) is 3.54. The maximum Gasteiger partial charge on any atom is 0.303 e. The fraction of sp³-hybridized carbons (Fsp3) is 0.815. The van der Waals surface area contributed by atoms with Gasteiger partial charge in [0.1, 0.15) is 6.10 Å². The normalized spacial score (nSPS) is 12.5. The number of hydrogen-bond donors (Lipinski definition) is 7. The number of aliphatic hydroxyl groups excluding tert-OH is 4. The minimum atomic E-state index is -0.744. The number of unbranched alkanes of at least 4 members (excludes halogenated alkanes) is 38. The second kappa shape index (κ2) is 84.3. The molecule has 532 valence electrons. The van der Waals surface area contributed by atoms with Gasteiger partial charge in [-0.2, -0.15) is 0 Å². The van der Waals surface area contributed by atoms with Crippen molar-refractivity contribution in [3.05, 3.63) is 48.6 Å². The fourth-order valence-corrected chi connectivity index (χ4v) is 10.1. The first kappa shape index (κ1) is 93.7. The Bertz CT molecular complexity index is 1730. The van der Waals surface area contributed by atoms with Gasteiger partial charge in [0, 0.05) is 38.5 Å². The lowest BCUT2D eigenvalue weighted by atomic mass is 10.0. The molecular weight excluding hydrogens is 1130 g/mol. The molecule has 0 radical (unpaired) electrons. The molecule has 0 bridgehead atoms. The lowest BCUT2D eigenvalue weighted by Crippen LogP contribution is -2.05. The lowest BCUT2D eigenvalue weighted by Gasteiger charge is -2.09. The minimum absolute atomic E-state index is 0.0644. The van der Waals surface area contributed by atoms with Crippen LogP contribution in [0, 0.1) is 23.7 Å². The topological polar surface area (TPSA) is 193 Å². The fourth-order valence-electron chi connectivity index (χ4n) is 10.1. The number of allylic oxidation sites excluding steroid dienone is 6. The number of carbonyl (C=O) groups is 3. The van der Waals surface area contributed by atoms with Gasteiger partial charge in [-0.1, -0.05) is 282 Å². The van der Waals surface area contributed by atoms with E-state index in [2.05, 4.69) is 94.8 Å². The lowest BCUT2D eigenvalue weighted by molar-refractivity contribution is -0.138. The molecule has 0 unspecified atom stereocenters. The van der Waals surface area contributed by atoms with Gasteiger partial charge >= 0.3 is 17.9 Å². The third kappa shape index (κ3) is 97.6. The van der Waals surface area contributed by atoms with Crippen molar-refractivity contribution in [2.75, 3.05) is 0 Å². The highest BCUT2D eigenvalue weighted by Crippen LogP contribution is 2.16. The number of rotatable bonds is 62. The van der Waals surface area contributed by atoms with Gasteiger partial charge in [-0.05, 0) is 135 Å². The van der Waals surface area contributed by atoms with Crippen LogP contribution in [0.25, 0.3) is 0 Å². The molecule has 7 N–H and O–H groups in total. The standard InChI is InChI=1S/C21H40O.C20H40O3.C20H36O3.C20H32O3/c1-3-5-7-8-9-10-11-12-13-14-15-16-17-18-20-21(22)19-6-4-2;3*1-2-3-16-19(21)17-14-12-10-8-6-4-5-7-9-11-13-15-18-20(22)23/h9-10,18,20-22H,3-8,11-17,19H2,1-2H3;19,21H,2-18H2,1H3,(H,22,23);9,11,14,17,19,21H,2-8,10,12-13,15-16,18H2,1H3,(H,22,23);19,21H,2-8,10,12-13,15-16,18H2,1H3,(H,22,23)/b10-9-,20-18-;;11-9-,17-14-;/t21-;3*19-/m1111/s1. The molecule has 0 heterocycles. The van der Waals surface area contributed by atoms with E-state index < -0.39 is 24.0 Å². The predicted octanol–water partition coefficient (Wildman–Crippen LogP) is 23.2. The van der Waals surface area contributed by atoms with Gasteiger partial charge in [0.2, 0.25) is 0 Å². The molecule has 0 aromatic heterocycles. The Morgan fingerprint density at radius 3 is 0.989 bits per heavy atom. The summed E-state index contributed by atoms with van der Waals surface area (Å²) in [6.45, 7) is 10.9. The molecule has 0 saturated carbocycles. The van der Waals surface area contributed by atoms with E-state index in [1.165, 1.54) is 193 Å². The van der Waals surface area contributed by atoms with Crippen LogP contribution in [0.4, 0.5) is 0 Å². The Labute approximate surface area is 562 Å². The van der Waals surface area contributed by atoms with Gasteiger partial charge in [0.05, 0.1) is 18.3 Å². The number of carboxylic acids is 3. The SMILES string of the molecule is CCCCC/C=C\CCCCCCC/C=C\[C@H](O)CCCC.CCCC[C@@H](O)/C=C\CCCCCCC/C=C\CCCC(=O)O.CCCC[C@@H](O)C#CCCCCCCCC#CCCCC(=O)O.CCCC[C@@H](O)CCCCCCCCCCCCCCC(=O)O. The van der Waals surface area contributed by atoms with Gasteiger partial charge in [-0.15, -0.1) is 17.8 Å². The van der Waals surface area contributed by atoms with Crippen molar-refractivity contribution < 1.29 is 50.1 Å². The van der Waals surface area contributed by atoms with Crippen molar-refractivity contribution in [3.8, 4) is 23.7 Å². The number of aliphatic hydroxyl groups is 4. The summed E-state index contributed by atoms with van der Waals surface area (Å²) in [5.41, 5.74) is 0. The van der Waals surface area contributed by atoms with Crippen molar-refractivity contribution in [2.45, 2.75) is 425 Å². The summed E-state index contributed by atoms with van der Waals surface area (Å²) in [5, 5.41) is 64.2. The van der Waals surface area contributed by atoms with E-state index in [9.17, 15) is 34.8 Å². The van der Waals surface area contributed by atoms with Gasteiger partial charge in [0.15, 0.2) is 0 Å². The number of aliphatic carboxylic acids is 3. The molecule has 0 aromatic rings. The van der Waals surface area contributed by atoms with Gasteiger partial charge in [0.25, 0.3) is 0 Å². The maximum absolute atomic E-state index is 10.4. The van der Waals surface area contributed by atoms with Gasteiger partial charge in [-0.3, -0.25) is 14.4 Å². The van der Waals surface area contributed by atoms with Crippen LogP contribution in [-0.4, -0.2) is 78.1 Å². The maximum atomic E-state index is 10.4. The number of carboxylic acid groups (broad SMARTS) is 3. The van der Waals surface area contributed by atoms with Crippen molar-refractivity contribution in [1.29, 1.82) is 0 Å². The molecule has 0 aliphatic carbocycles. The van der Waals surface area contributed by atoms with E-state index in [1.807, 2.05) is 12.2 Å². The van der Waals surface area contributed by atoms with E-state index in [-0.39, 0.29) is 31.2 Å². The summed E-state index contributed by atoms with van der Waals surface area (Å²) in [7, 11) is 0. The molecule has 0 aromatic carbocycles. The smallest absolute Gasteiger partial charge is 0.303 e. The van der Waals surface area contributed by atoms with Gasteiger partial charge < -0.3 is 35.7 Å². The highest BCUT2D eigenvalue weighted by atomic mass is 16.4. The first-order valence-corrected chi connectivity index (χ1v) is 38.3. The molecule has 0 aliphatic rings. The molecule has 0 spiro atoms. The van der Waals surface area contributed by atoms with Crippen LogP contribution < -0.4 is 0 Å². The largest absolute Gasteiger partial charge is 0.481 e. The third-order valence-electron chi connectivity index (χ3n) is 16.1. The zero-order chi connectivity index (χ0) is 67.8. The van der Waals surface area contributed by atoms with E-state index in [0.717, 1.165) is 141 Å². The monoisotopic (exact) mass is 1280 g/mol. The predicted molar refractivity (Wildman–Crippen MR) is 391 cm³/mol. The Morgan fingerprint density at radius 1 is 0.286 bits per heavy atom. The Hall–Kier alpha value is -3.67. The summed E-state index contributed by atoms with van der Waals surface area (Å²) in [6, 6.07) is 0. The van der Waals surface area contributed by atoms with Crippen molar-refractivity contribution >= 4 is 17.9 Å². The molecule has 0 amide bonds. The van der Waals surface area contributed by atoms with E-state index >= 15 is 0 Å². The van der Waals surface area contributed by atoms with Crippen LogP contribution in [0.15, 0.2) is 48.6 Å². The Morgan fingerprint density at radius 2 is 0.571 bits per heavy atom. The summed E-state index contributed by atoms with van der Waals surface area (Å²) < 4.78 is 0.